The van der Waals surface area contributed by atoms with Gasteiger partial charge in [0.2, 0.25) is 0 Å². The average molecular weight is 247 g/mol. The van der Waals surface area contributed by atoms with Crippen molar-refractivity contribution in [2.24, 2.45) is 5.18 Å². The highest BCUT2D eigenvalue weighted by Crippen LogP contribution is 2.28. The van der Waals surface area contributed by atoms with Gasteiger partial charge >= 0.3 is 17.9 Å². The Bertz CT molecular complexity index is 307. The zero-order valence-electron chi connectivity index (χ0n) is 8.96. The summed E-state index contributed by atoms with van der Waals surface area (Å²) in [5.74, 6) is -3.71. The van der Waals surface area contributed by atoms with E-state index >= 15 is 0 Å². The molecule has 0 radical (unpaired) electrons. The molecule has 0 fully saturated rings. The topological polar surface area (TPSA) is 141 Å². The van der Waals surface area contributed by atoms with Crippen molar-refractivity contribution in [1.82, 2.24) is 0 Å². The van der Waals surface area contributed by atoms with Gasteiger partial charge in [-0.25, -0.2) is 0 Å². The van der Waals surface area contributed by atoms with Gasteiger partial charge in [0.25, 0.3) is 0 Å². The van der Waals surface area contributed by atoms with E-state index in [0.29, 0.717) is 0 Å². The fourth-order valence-corrected chi connectivity index (χ4v) is 1.39. The molecule has 8 heteroatoms. The van der Waals surface area contributed by atoms with Gasteiger partial charge in [0, 0.05) is 12.8 Å². The van der Waals surface area contributed by atoms with Gasteiger partial charge in [-0.05, 0) is 12.8 Å². The third-order valence-corrected chi connectivity index (χ3v) is 2.28. The minimum Gasteiger partial charge on any atom is -0.481 e. The summed E-state index contributed by atoms with van der Waals surface area (Å²) in [6.45, 7) is 0. The van der Waals surface area contributed by atoms with Crippen LogP contribution in [-0.2, 0) is 14.4 Å². The van der Waals surface area contributed by atoms with Crippen molar-refractivity contribution in [3.8, 4) is 0 Å². The zero-order chi connectivity index (χ0) is 13.5. The minimum absolute atomic E-state index is 0.286. The number of hydrogen-bond donors (Lipinski definition) is 3. The number of carbonyl (C=O) groups is 3. The van der Waals surface area contributed by atoms with Crippen molar-refractivity contribution in [3.63, 3.8) is 0 Å². The summed E-state index contributed by atoms with van der Waals surface area (Å²) < 4.78 is 0. The number of nitrogens with zero attached hydrogens (tertiary/aromatic N) is 1. The lowest BCUT2D eigenvalue weighted by atomic mass is 9.86. The molecule has 8 nitrogen and oxygen atoms in total. The minimum atomic E-state index is -1.66. The number of hydrogen-bond acceptors (Lipinski definition) is 5. The molecule has 0 saturated heterocycles. The summed E-state index contributed by atoms with van der Waals surface area (Å²) in [5, 5.41) is 28.2. The quantitative estimate of drug-likeness (QED) is 0.509. The zero-order valence-corrected chi connectivity index (χ0v) is 8.96. The molecule has 0 amide bonds. The van der Waals surface area contributed by atoms with Crippen LogP contribution in [-0.4, -0.2) is 38.8 Å². The van der Waals surface area contributed by atoms with E-state index in [4.69, 9.17) is 15.3 Å². The lowest BCUT2D eigenvalue weighted by Gasteiger charge is -2.22. The van der Waals surface area contributed by atoms with E-state index in [2.05, 4.69) is 5.18 Å². The van der Waals surface area contributed by atoms with E-state index < -0.39 is 42.7 Å². The standard InChI is InChI=1S/C9H13NO7/c11-6(12)1-3-9(10-17,5-8(15)16)4-2-7(13)14/h1-5H2,(H,11,12)(H,13,14)(H,15,16). The molecule has 17 heavy (non-hydrogen) atoms. The average Bonchev–Trinajstić information content (AvgIpc) is 2.21. The third-order valence-electron chi connectivity index (χ3n) is 2.28. The highest BCUT2D eigenvalue weighted by Gasteiger charge is 2.35. The SMILES string of the molecule is O=NC(CCC(=O)O)(CCC(=O)O)CC(=O)O. The summed E-state index contributed by atoms with van der Waals surface area (Å²) in [7, 11) is 0. The summed E-state index contributed by atoms with van der Waals surface area (Å²) in [5.41, 5.74) is -1.66. The summed E-state index contributed by atoms with van der Waals surface area (Å²) in [4.78, 5) is 42.0. The number of nitroso groups, excluding NO2 is 1. The molecule has 0 saturated carbocycles. The largest absolute Gasteiger partial charge is 0.481 e. The summed E-state index contributed by atoms with van der Waals surface area (Å²) in [6, 6.07) is 0. The highest BCUT2D eigenvalue weighted by molar-refractivity contribution is 5.70. The van der Waals surface area contributed by atoms with E-state index in [1.807, 2.05) is 0 Å². The summed E-state index contributed by atoms with van der Waals surface area (Å²) in [6.07, 6.45) is -2.11. The lowest BCUT2D eigenvalue weighted by molar-refractivity contribution is -0.142. The van der Waals surface area contributed by atoms with Crippen molar-refractivity contribution >= 4 is 17.9 Å². The Morgan fingerprint density at radius 2 is 1.29 bits per heavy atom. The molecular weight excluding hydrogens is 234 g/mol. The highest BCUT2D eigenvalue weighted by atomic mass is 16.4. The van der Waals surface area contributed by atoms with Crippen LogP contribution in [0.25, 0.3) is 0 Å². The normalized spacial score (nSPS) is 10.8. The molecule has 0 aromatic rings. The Kier molecular flexibility index (Phi) is 5.79. The predicted octanol–water partition coefficient (Wildman–Crippen LogP) is 0.696. The van der Waals surface area contributed by atoms with Crippen LogP contribution in [0.15, 0.2) is 5.18 Å². The Morgan fingerprint density at radius 1 is 0.882 bits per heavy atom. The number of carboxylic acids is 3. The van der Waals surface area contributed by atoms with Gasteiger partial charge in [-0.15, -0.1) is 0 Å². The van der Waals surface area contributed by atoms with Gasteiger partial charge in [0.05, 0.1) is 6.42 Å². The molecule has 0 bridgehead atoms. The fourth-order valence-electron chi connectivity index (χ4n) is 1.39. The van der Waals surface area contributed by atoms with Crippen molar-refractivity contribution in [2.75, 3.05) is 0 Å². The predicted molar refractivity (Wildman–Crippen MR) is 54.5 cm³/mol. The van der Waals surface area contributed by atoms with Gasteiger partial charge in [-0.3, -0.25) is 14.4 Å². The second-order valence-electron chi connectivity index (χ2n) is 3.67. The molecule has 0 aromatic heterocycles. The van der Waals surface area contributed by atoms with E-state index in [1.54, 1.807) is 0 Å². The first-order valence-electron chi connectivity index (χ1n) is 4.81. The van der Waals surface area contributed by atoms with Crippen LogP contribution in [0.4, 0.5) is 0 Å². The molecule has 0 unspecified atom stereocenters. The van der Waals surface area contributed by atoms with Crippen LogP contribution in [0.1, 0.15) is 32.1 Å². The molecule has 96 valence electrons. The van der Waals surface area contributed by atoms with Crippen molar-refractivity contribution in [2.45, 2.75) is 37.6 Å². The Morgan fingerprint density at radius 3 is 1.53 bits per heavy atom. The molecule has 0 aromatic carbocycles. The van der Waals surface area contributed by atoms with Gasteiger partial charge < -0.3 is 15.3 Å². The number of rotatable bonds is 9. The first-order chi connectivity index (χ1) is 7.81. The van der Waals surface area contributed by atoms with Crippen LogP contribution < -0.4 is 0 Å². The van der Waals surface area contributed by atoms with Gasteiger partial charge in [-0.1, -0.05) is 5.18 Å². The molecule has 0 atom stereocenters. The first kappa shape index (κ1) is 15.0. The maximum absolute atomic E-state index is 10.7. The number of carboxylic acid groups (broad SMARTS) is 3. The van der Waals surface area contributed by atoms with Gasteiger partial charge in [0.15, 0.2) is 0 Å². The molecule has 0 aliphatic rings. The van der Waals surface area contributed by atoms with Gasteiger partial charge in [-0.2, -0.15) is 4.91 Å². The monoisotopic (exact) mass is 247 g/mol. The van der Waals surface area contributed by atoms with Crippen LogP contribution in [0.3, 0.4) is 0 Å². The van der Waals surface area contributed by atoms with Crippen LogP contribution >= 0.6 is 0 Å². The number of aliphatic carboxylic acids is 3. The van der Waals surface area contributed by atoms with E-state index in [9.17, 15) is 19.3 Å². The van der Waals surface area contributed by atoms with Crippen molar-refractivity contribution in [3.05, 3.63) is 4.91 Å². The molecule has 0 rings (SSSR count). The summed E-state index contributed by atoms with van der Waals surface area (Å²) >= 11 is 0. The first-order valence-corrected chi connectivity index (χ1v) is 4.81. The molecule has 0 heterocycles. The second-order valence-corrected chi connectivity index (χ2v) is 3.67. The van der Waals surface area contributed by atoms with Crippen molar-refractivity contribution < 1.29 is 29.7 Å². The molecule has 0 aliphatic heterocycles. The Labute approximate surface area is 96.2 Å². The fraction of sp³-hybridized carbons (Fsp3) is 0.667. The van der Waals surface area contributed by atoms with Gasteiger partial charge in [0.1, 0.15) is 5.54 Å². The third kappa shape index (κ3) is 6.23. The molecule has 0 spiro atoms. The van der Waals surface area contributed by atoms with Crippen molar-refractivity contribution in [1.29, 1.82) is 0 Å². The van der Waals surface area contributed by atoms with E-state index in [1.165, 1.54) is 0 Å². The Balaban J connectivity index is 4.72. The Hall–Kier alpha value is -1.99. The smallest absolute Gasteiger partial charge is 0.305 e. The maximum Gasteiger partial charge on any atom is 0.305 e. The van der Waals surface area contributed by atoms with E-state index in [0.717, 1.165) is 0 Å². The van der Waals surface area contributed by atoms with Crippen LogP contribution in [0.5, 0.6) is 0 Å². The second kappa shape index (κ2) is 6.56. The van der Waals surface area contributed by atoms with Crippen LogP contribution in [0.2, 0.25) is 0 Å². The maximum atomic E-state index is 10.7. The molecule has 0 aliphatic carbocycles. The molecule has 3 N–H and O–H groups in total. The lowest BCUT2D eigenvalue weighted by Crippen LogP contribution is -2.31. The van der Waals surface area contributed by atoms with Crippen LogP contribution in [0, 0.1) is 4.91 Å². The molecular formula is C9H13NO7. The van der Waals surface area contributed by atoms with E-state index in [-0.39, 0.29) is 12.8 Å².